The summed E-state index contributed by atoms with van der Waals surface area (Å²) < 4.78 is 1.82. The molecule has 0 saturated heterocycles. The quantitative estimate of drug-likeness (QED) is 0.142. The lowest BCUT2D eigenvalue weighted by molar-refractivity contribution is -0.387. The van der Waals surface area contributed by atoms with Crippen molar-refractivity contribution in [3.05, 3.63) is 141 Å². The zero-order valence-corrected chi connectivity index (χ0v) is 20.1. The SMILES string of the molecule is Cc1c(Sc2ccccc2[N+](=O)[O-])c2ccccn2c1C(=O)c1ccc(C(=O)c2ccccc2)cc1. The summed E-state index contributed by atoms with van der Waals surface area (Å²) in [5, 5.41) is 11.5. The molecule has 3 aromatic carbocycles. The first-order valence-electron chi connectivity index (χ1n) is 11.2. The molecule has 0 spiro atoms. The molecule has 5 rings (SSSR count). The molecule has 0 aliphatic rings. The Morgan fingerprint density at radius 2 is 1.33 bits per heavy atom. The average Bonchev–Trinajstić information content (AvgIpc) is 3.19. The number of nitro benzene ring substituents is 1. The second kappa shape index (κ2) is 9.64. The second-order valence-electron chi connectivity index (χ2n) is 8.19. The predicted molar refractivity (Wildman–Crippen MR) is 139 cm³/mol. The van der Waals surface area contributed by atoms with Gasteiger partial charge in [-0.3, -0.25) is 19.7 Å². The monoisotopic (exact) mass is 492 g/mol. The Balaban J connectivity index is 1.53. The van der Waals surface area contributed by atoms with Gasteiger partial charge in [0.1, 0.15) is 0 Å². The van der Waals surface area contributed by atoms with E-state index >= 15 is 0 Å². The molecule has 0 aliphatic carbocycles. The fourth-order valence-corrected chi connectivity index (χ4v) is 5.32. The molecule has 0 unspecified atom stereocenters. The van der Waals surface area contributed by atoms with Crippen LogP contribution in [0.2, 0.25) is 0 Å². The molecule has 2 heterocycles. The molecule has 0 N–H and O–H groups in total. The summed E-state index contributed by atoms with van der Waals surface area (Å²) in [6.45, 7) is 1.85. The minimum Gasteiger partial charge on any atom is -0.312 e. The van der Waals surface area contributed by atoms with E-state index in [1.807, 2.05) is 53.9 Å². The minimum atomic E-state index is -0.402. The van der Waals surface area contributed by atoms with Gasteiger partial charge in [0.05, 0.1) is 21.0 Å². The largest absolute Gasteiger partial charge is 0.312 e. The molecule has 0 saturated carbocycles. The van der Waals surface area contributed by atoms with Crippen LogP contribution in [0.25, 0.3) is 5.52 Å². The minimum absolute atomic E-state index is 0.0173. The van der Waals surface area contributed by atoms with Crippen molar-refractivity contribution < 1.29 is 14.5 Å². The molecule has 0 aliphatic heterocycles. The van der Waals surface area contributed by atoms with Gasteiger partial charge in [0.15, 0.2) is 5.78 Å². The van der Waals surface area contributed by atoms with Gasteiger partial charge in [-0.1, -0.05) is 84.6 Å². The van der Waals surface area contributed by atoms with Crippen LogP contribution in [0.5, 0.6) is 0 Å². The number of pyridine rings is 1. The highest BCUT2D eigenvalue weighted by Crippen LogP contribution is 2.41. The molecule has 36 heavy (non-hydrogen) atoms. The Morgan fingerprint density at radius 3 is 2.03 bits per heavy atom. The number of fused-ring (bicyclic) bond motifs is 1. The topological polar surface area (TPSA) is 81.7 Å². The lowest BCUT2D eigenvalue weighted by Crippen LogP contribution is -2.08. The van der Waals surface area contributed by atoms with Crippen LogP contribution in [0.4, 0.5) is 5.69 Å². The highest BCUT2D eigenvalue weighted by Gasteiger charge is 2.24. The molecule has 6 nitrogen and oxygen atoms in total. The Morgan fingerprint density at radius 1 is 0.750 bits per heavy atom. The number of hydrogen-bond donors (Lipinski definition) is 0. The molecule has 5 aromatic rings. The van der Waals surface area contributed by atoms with Crippen molar-refractivity contribution in [2.24, 2.45) is 0 Å². The van der Waals surface area contributed by atoms with Gasteiger partial charge in [0, 0.05) is 33.8 Å². The number of benzene rings is 3. The predicted octanol–water partition coefficient (Wildman–Crippen LogP) is 6.77. The maximum absolute atomic E-state index is 13.6. The van der Waals surface area contributed by atoms with Crippen molar-refractivity contribution in [1.29, 1.82) is 0 Å². The summed E-state index contributed by atoms with van der Waals surface area (Å²) in [5.74, 6) is -0.302. The van der Waals surface area contributed by atoms with Crippen LogP contribution >= 0.6 is 11.8 Å². The van der Waals surface area contributed by atoms with Crippen molar-refractivity contribution in [3.63, 3.8) is 0 Å². The molecule has 2 aromatic heterocycles. The summed E-state index contributed by atoms with van der Waals surface area (Å²) in [5.41, 5.74) is 3.56. The van der Waals surface area contributed by atoms with E-state index in [0.717, 1.165) is 16.0 Å². The second-order valence-corrected chi connectivity index (χ2v) is 9.24. The number of nitro groups is 1. The van der Waals surface area contributed by atoms with Gasteiger partial charge in [-0.15, -0.1) is 0 Å². The Kier molecular flexibility index (Phi) is 6.23. The van der Waals surface area contributed by atoms with Crippen molar-refractivity contribution in [1.82, 2.24) is 4.40 Å². The van der Waals surface area contributed by atoms with Crippen LogP contribution in [0.15, 0.2) is 113 Å². The molecule has 0 amide bonds. The first-order chi connectivity index (χ1) is 17.5. The smallest absolute Gasteiger partial charge is 0.283 e. The molecular formula is C29H20N2O4S. The van der Waals surface area contributed by atoms with Crippen molar-refractivity contribution in [2.75, 3.05) is 0 Å². The van der Waals surface area contributed by atoms with Crippen LogP contribution in [-0.4, -0.2) is 20.9 Å². The maximum atomic E-state index is 13.6. The first-order valence-corrected chi connectivity index (χ1v) is 12.0. The fourth-order valence-electron chi connectivity index (χ4n) is 4.18. The van der Waals surface area contributed by atoms with E-state index in [4.69, 9.17) is 0 Å². The molecule has 7 heteroatoms. The number of para-hydroxylation sites is 1. The van der Waals surface area contributed by atoms with Gasteiger partial charge >= 0.3 is 0 Å². The molecule has 0 atom stereocenters. The number of ketones is 2. The van der Waals surface area contributed by atoms with Crippen LogP contribution in [-0.2, 0) is 0 Å². The van der Waals surface area contributed by atoms with E-state index in [-0.39, 0.29) is 17.3 Å². The van der Waals surface area contributed by atoms with E-state index in [0.29, 0.717) is 27.3 Å². The first kappa shape index (κ1) is 23.3. The van der Waals surface area contributed by atoms with E-state index in [9.17, 15) is 19.7 Å². The number of carbonyl (C=O) groups excluding carboxylic acids is 2. The summed E-state index contributed by atoms with van der Waals surface area (Å²) in [6.07, 6.45) is 1.81. The third-order valence-electron chi connectivity index (χ3n) is 5.96. The van der Waals surface area contributed by atoms with Gasteiger partial charge in [-0.05, 0) is 30.7 Å². The van der Waals surface area contributed by atoms with E-state index in [1.165, 1.54) is 17.8 Å². The Bertz CT molecular complexity index is 1620. The third-order valence-corrected chi connectivity index (χ3v) is 7.25. The normalized spacial score (nSPS) is 10.9. The Hall–Kier alpha value is -4.49. The zero-order chi connectivity index (χ0) is 25.2. The summed E-state index contributed by atoms with van der Waals surface area (Å²) in [7, 11) is 0. The van der Waals surface area contributed by atoms with E-state index < -0.39 is 4.92 Å². The van der Waals surface area contributed by atoms with E-state index in [2.05, 4.69) is 0 Å². The highest BCUT2D eigenvalue weighted by molar-refractivity contribution is 7.99. The fraction of sp³-hybridized carbons (Fsp3) is 0.0345. The summed E-state index contributed by atoms with van der Waals surface area (Å²) in [6, 6.07) is 27.8. The lowest BCUT2D eigenvalue weighted by atomic mass is 9.99. The number of nitrogens with zero attached hydrogens (tertiary/aromatic N) is 2. The maximum Gasteiger partial charge on any atom is 0.283 e. The average molecular weight is 493 g/mol. The molecule has 0 fully saturated rings. The summed E-state index contributed by atoms with van der Waals surface area (Å²) in [4.78, 5) is 38.8. The number of hydrogen-bond acceptors (Lipinski definition) is 5. The molecule has 0 radical (unpaired) electrons. The van der Waals surface area contributed by atoms with Crippen LogP contribution in [0.3, 0.4) is 0 Å². The van der Waals surface area contributed by atoms with Crippen molar-refractivity contribution >= 4 is 34.5 Å². The highest BCUT2D eigenvalue weighted by atomic mass is 32.2. The lowest BCUT2D eigenvalue weighted by Gasteiger charge is -2.06. The standard InChI is InChI=1S/C29H20N2O4S/c1-19-26(28(33)22-16-14-21(15-17-22)27(32)20-9-3-2-4-10-20)30-18-8-7-12-24(30)29(19)36-25-13-6-5-11-23(25)31(34)35/h2-18H,1H3. The van der Waals surface area contributed by atoms with Crippen molar-refractivity contribution in [3.8, 4) is 0 Å². The Labute approximate surface area is 211 Å². The number of carbonyl (C=O) groups is 2. The van der Waals surface area contributed by atoms with Crippen molar-refractivity contribution in [2.45, 2.75) is 16.7 Å². The summed E-state index contributed by atoms with van der Waals surface area (Å²) >= 11 is 1.28. The van der Waals surface area contributed by atoms with E-state index in [1.54, 1.807) is 54.6 Å². The van der Waals surface area contributed by atoms with Gasteiger partial charge in [-0.25, -0.2) is 0 Å². The van der Waals surface area contributed by atoms with Gasteiger partial charge < -0.3 is 4.40 Å². The number of rotatable bonds is 7. The molecular weight excluding hydrogens is 472 g/mol. The molecule has 0 bridgehead atoms. The molecule has 176 valence electrons. The third kappa shape index (κ3) is 4.21. The van der Waals surface area contributed by atoms with Crippen LogP contribution in [0.1, 0.15) is 37.5 Å². The zero-order valence-electron chi connectivity index (χ0n) is 19.3. The number of aromatic nitrogens is 1. The van der Waals surface area contributed by atoms with Gasteiger partial charge in [0.2, 0.25) is 5.78 Å². The van der Waals surface area contributed by atoms with Crippen LogP contribution < -0.4 is 0 Å². The van der Waals surface area contributed by atoms with Gasteiger partial charge in [-0.2, -0.15) is 0 Å². The van der Waals surface area contributed by atoms with Gasteiger partial charge in [0.25, 0.3) is 5.69 Å². The van der Waals surface area contributed by atoms with Crippen LogP contribution in [0, 0.1) is 17.0 Å².